The van der Waals surface area contributed by atoms with Crippen LogP contribution in [-0.2, 0) is 0 Å². The molecule has 0 aliphatic carbocycles. The van der Waals surface area contributed by atoms with Gasteiger partial charge in [0.15, 0.2) is 0 Å². The maximum Gasteiger partial charge on any atom is 0.881 e. The third-order valence-electron chi connectivity index (χ3n) is 5.00. The van der Waals surface area contributed by atoms with Crippen LogP contribution in [-0.4, -0.2) is 20.9 Å². The van der Waals surface area contributed by atoms with E-state index in [1.165, 1.54) is 22.4 Å². The third kappa shape index (κ3) is 3.76. The molecule has 4 heteroatoms. The monoisotopic (exact) mass is 407 g/mol. The first-order valence-electron chi connectivity index (χ1n) is 11.1. The van der Waals surface area contributed by atoms with Crippen molar-refractivity contribution >= 4 is 37.6 Å². The number of pyridine rings is 1. The number of hydrogen-bond acceptors (Lipinski definition) is 3. The Balaban J connectivity index is 1.31. The Kier molecular flexibility index (Phi) is 4.24. The predicted molar refractivity (Wildman–Crippen MR) is 123 cm³/mol. The molecule has 0 saturated carbocycles. The lowest BCUT2D eigenvalue weighted by molar-refractivity contribution is 0.461. The molecule has 0 atom stereocenters. The number of fused-ring (bicyclic) bond motifs is 2. The molecule has 0 amide bonds. The van der Waals surface area contributed by atoms with Gasteiger partial charge in [0.25, 0.3) is 0 Å². The predicted octanol–water partition coefficient (Wildman–Crippen LogP) is 6.36. The molecule has 4 aromatic carbocycles. The molecule has 0 saturated heterocycles. The lowest BCUT2D eigenvalue weighted by Crippen LogP contribution is -2.11. The van der Waals surface area contributed by atoms with Gasteiger partial charge in [-0.15, -0.1) is 0 Å². The molecule has 30 heavy (non-hydrogen) atoms. The van der Waals surface area contributed by atoms with Crippen LogP contribution in [0.15, 0.2) is 97.1 Å². The fourth-order valence-electron chi connectivity index (χ4n) is 3.54. The maximum absolute atomic E-state index is 7.60. The highest BCUT2D eigenvalue weighted by molar-refractivity contribution is 6.21. The summed E-state index contributed by atoms with van der Waals surface area (Å²) >= 11 is -0.854. The van der Waals surface area contributed by atoms with Crippen LogP contribution in [0.3, 0.4) is 0 Å². The lowest BCUT2D eigenvalue weighted by atomic mass is 9.98. The molecule has 143 valence electrons. The van der Waals surface area contributed by atoms with Crippen LogP contribution in [0.4, 0.5) is 0 Å². The van der Waals surface area contributed by atoms with Crippen molar-refractivity contribution in [3.8, 4) is 22.6 Å². The fraction of sp³-hybridized carbons (Fsp3) is 0.0385. The summed E-state index contributed by atoms with van der Waals surface area (Å²) in [6.07, 6.45) is 0. The van der Waals surface area contributed by atoms with Crippen LogP contribution in [0.5, 0.6) is 11.5 Å². The van der Waals surface area contributed by atoms with Crippen molar-refractivity contribution < 1.29 is 11.7 Å². The zero-order valence-electron chi connectivity index (χ0n) is 19.1. The van der Waals surface area contributed by atoms with Crippen molar-refractivity contribution in [2.45, 2.75) is 6.85 Å². The van der Waals surface area contributed by atoms with Gasteiger partial charge in [0, 0.05) is 15.2 Å². The molecule has 1 radical (unpaired) electrons. The smallest absolute Gasteiger partial charge is 0.616 e. The average Bonchev–Trinajstić information content (AvgIpc) is 2.83. The van der Waals surface area contributed by atoms with Gasteiger partial charge in [-0.25, -0.2) is 4.98 Å². The van der Waals surface area contributed by atoms with Gasteiger partial charge >= 0.3 is 15.9 Å². The molecule has 5 rings (SSSR count). The number of aryl methyl sites for hydroxylation is 1. The minimum atomic E-state index is -2.27. The highest BCUT2D eigenvalue weighted by Crippen LogP contribution is 2.30. The average molecular weight is 407 g/mol. The normalized spacial score (nSPS) is 12.7. The number of aromatic nitrogens is 1. The molecular weight excluding hydrogens is 385 g/mol. The molecule has 0 spiro atoms. The summed E-state index contributed by atoms with van der Waals surface area (Å²) in [5.74, 6) is 1.23. The molecule has 5 aromatic rings. The molecule has 0 fully saturated rings. The third-order valence-corrected chi connectivity index (χ3v) is 5.72. The van der Waals surface area contributed by atoms with Gasteiger partial charge < -0.3 is 7.58 Å². The zero-order valence-corrected chi connectivity index (χ0v) is 17.2. The van der Waals surface area contributed by atoms with Gasteiger partial charge in [0.1, 0.15) is 11.3 Å². The minimum Gasteiger partial charge on any atom is -0.616 e. The molecular formula is C26H19AlNO2. The van der Waals surface area contributed by atoms with E-state index in [9.17, 15) is 0 Å². The van der Waals surface area contributed by atoms with E-state index >= 15 is 0 Å². The molecule has 0 bridgehead atoms. The van der Waals surface area contributed by atoms with Gasteiger partial charge in [-0.2, -0.15) is 0 Å². The summed E-state index contributed by atoms with van der Waals surface area (Å²) in [6, 6.07) is 31.4. The van der Waals surface area contributed by atoms with Gasteiger partial charge in [-0.3, -0.25) is 0 Å². The van der Waals surface area contributed by atoms with Crippen molar-refractivity contribution in [2.24, 2.45) is 0 Å². The first kappa shape index (κ1) is 15.5. The largest absolute Gasteiger partial charge is 0.881 e. The van der Waals surface area contributed by atoms with Crippen molar-refractivity contribution in [2.75, 3.05) is 0 Å². The Morgan fingerprint density at radius 1 is 0.733 bits per heavy atom. The molecule has 0 unspecified atom stereocenters. The molecule has 3 nitrogen and oxygen atoms in total. The molecule has 0 N–H and O–H groups in total. The van der Waals surface area contributed by atoms with Gasteiger partial charge in [-0.05, 0) is 53.0 Å². The van der Waals surface area contributed by atoms with E-state index in [0.717, 1.165) is 10.9 Å². The van der Waals surface area contributed by atoms with E-state index < -0.39 is 22.7 Å². The van der Waals surface area contributed by atoms with Crippen molar-refractivity contribution in [1.29, 1.82) is 0 Å². The Morgan fingerprint density at radius 2 is 1.53 bits per heavy atom. The van der Waals surface area contributed by atoms with Crippen LogP contribution >= 0.6 is 0 Å². The minimum absolute atomic E-state index is 0.0472. The van der Waals surface area contributed by atoms with E-state index in [0.29, 0.717) is 17.0 Å². The Labute approximate surface area is 186 Å². The molecule has 1 aromatic heterocycles. The summed E-state index contributed by atoms with van der Waals surface area (Å²) in [4.78, 5) is 4.31. The Bertz CT molecular complexity index is 1430. The summed E-state index contributed by atoms with van der Waals surface area (Å²) in [7, 11) is 0. The van der Waals surface area contributed by atoms with E-state index in [-0.39, 0.29) is 5.69 Å². The van der Waals surface area contributed by atoms with E-state index in [2.05, 4.69) is 35.3 Å². The number of benzene rings is 4. The summed E-state index contributed by atoms with van der Waals surface area (Å²) in [6.45, 7) is -2.27. The quantitative estimate of drug-likeness (QED) is 0.318. The maximum atomic E-state index is 7.60. The van der Waals surface area contributed by atoms with Crippen LogP contribution in [0.25, 0.3) is 32.8 Å². The van der Waals surface area contributed by atoms with Crippen LogP contribution in [0, 0.1) is 6.85 Å². The van der Waals surface area contributed by atoms with E-state index in [1.807, 2.05) is 48.5 Å². The Hall–Kier alpha value is -3.32. The molecule has 0 aliphatic heterocycles. The van der Waals surface area contributed by atoms with Crippen molar-refractivity contribution in [1.82, 2.24) is 4.98 Å². The van der Waals surface area contributed by atoms with E-state index in [1.54, 1.807) is 12.1 Å². The summed E-state index contributed by atoms with van der Waals surface area (Å²) in [5.41, 5.74) is 2.86. The SMILES string of the molecule is [2H]C([2H])([2H])c1ccc2cccc([O][Al][O]c3ccc(-c4cccc5ccccc45)cc3)c2n1. The first-order valence-corrected chi connectivity index (χ1v) is 10.6. The second-order valence-electron chi connectivity index (χ2n) is 6.91. The van der Waals surface area contributed by atoms with Gasteiger partial charge in [0.2, 0.25) is 0 Å². The Morgan fingerprint density at radius 3 is 2.43 bits per heavy atom. The number of hydrogen-bond donors (Lipinski definition) is 0. The molecule has 1 heterocycles. The topological polar surface area (TPSA) is 31.4 Å². The van der Waals surface area contributed by atoms with Crippen LogP contribution < -0.4 is 7.58 Å². The van der Waals surface area contributed by atoms with Crippen LogP contribution in [0.1, 0.15) is 9.81 Å². The summed E-state index contributed by atoms with van der Waals surface area (Å²) < 4.78 is 34.5. The zero-order chi connectivity index (χ0) is 22.8. The molecule has 0 aliphatic rings. The summed E-state index contributed by atoms with van der Waals surface area (Å²) in [5, 5.41) is 3.24. The second kappa shape index (κ2) is 8.20. The number of para-hydroxylation sites is 1. The van der Waals surface area contributed by atoms with E-state index in [4.69, 9.17) is 11.7 Å². The van der Waals surface area contributed by atoms with Crippen LogP contribution in [0.2, 0.25) is 0 Å². The van der Waals surface area contributed by atoms with Crippen molar-refractivity contribution in [3.63, 3.8) is 0 Å². The van der Waals surface area contributed by atoms with Gasteiger partial charge in [0.05, 0.1) is 5.75 Å². The van der Waals surface area contributed by atoms with Gasteiger partial charge in [-0.1, -0.05) is 72.8 Å². The first-order chi connectivity index (χ1) is 16.0. The van der Waals surface area contributed by atoms with Crippen molar-refractivity contribution in [3.05, 3.63) is 103 Å². The highest BCUT2D eigenvalue weighted by Gasteiger charge is 2.10. The second-order valence-corrected chi connectivity index (χ2v) is 7.57. The lowest BCUT2D eigenvalue weighted by Gasteiger charge is -2.12. The highest BCUT2D eigenvalue weighted by atomic mass is 27.2. The number of rotatable bonds is 5. The number of nitrogens with zero attached hydrogens (tertiary/aromatic N) is 1. The fourth-order valence-corrected chi connectivity index (χ4v) is 4.15. The standard InChI is InChI=1S/C16H12O.C10H9NO.Al/c17-14-10-8-13(9-11-14)16-7-3-5-12-4-1-2-6-15(12)16;1-7-5-6-8-3-2-4-9(12)10(8)11-7;/h1-11,17H;2-6,12H,1H3;/q;;+2/p-2/i;1D3;.